The molecule has 0 saturated carbocycles. The molecule has 380 valence electrons. The van der Waals surface area contributed by atoms with E-state index in [0.29, 0.717) is 67.7 Å². The van der Waals surface area contributed by atoms with Crippen LogP contribution in [0.25, 0.3) is 22.1 Å². The number of fused-ring (bicyclic) bond motifs is 2. The number of ketones is 1. The molecule has 0 aliphatic carbocycles. The van der Waals surface area contributed by atoms with Crippen LogP contribution in [-0.4, -0.2) is 92.7 Å². The summed E-state index contributed by atoms with van der Waals surface area (Å²) >= 11 is 5.84. The van der Waals surface area contributed by atoms with Gasteiger partial charge < -0.3 is 40.4 Å². The van der Waals surface area contributed by atoms with Crippen LogP contribution in [0.2, 0.25) is 0 Å². The molecule has 0 aliphatic heterocycles. The summed E-state index contributed by atoms with van der Waals surface area (Å²) in [6, 6.07) is 36.9. The molecule has 0 fully saturated rings. The van der Waals surface area contributed by atoms with E-state index in [1.807, 2.05) is 12.1 Å². The summed E-state index contributed by atoms with van der Waals surface area (Å²) in [5.74, 6) is 1.77. The second-order valence-corrected chi connectivity index (χ2v) is 19.6. The molecule has 2 aromatic heterocycles. The van der Waals surface area contributed by atoms with Crippen LogP contribution in [0.15, 0.2) is 143 Å². The number of halogens is 2. The van der Waals surface area contributed by atoms with Crippen LogP contribution in [0.1, 0.15) is 5.56 Å². The summed E-state index contributed by atoms with van der Waals surface area (Å²) in [5, 5.41) is 14.1. The number of para-hydroxylation sites is 4. The van der Waals surface area contributed by atoms with E-state index in [4.69, 9.17) is 29.8 Å². The topological polar surface area (TPSA) is 285 Å². The Kier molecular flexibility index (Phi) is 18.7. The van der Waals surface area contributed by atoms with Gasteiger partial charge in [-0.15, -0.1) is 0 Å². The van der Waals surface area contributed by atoms with Crippen molar-refractivity contribution in [2.75, 3.05) is 64.9 Å². The minimum Gasteiger partial charge on any atom is -0.497 e. The smallest absolute Gasteiger partial charge is 0.314 e. The number of carboxylic acid groups (broad SMARTS) is 1. The van der Waals surface area contributed by atoms with Gasteiger partial charge in [0.1, 0.15) is 34.1 Å². The lowest BCUT2D eigenvalue weighted by Crippen LogP contribution is -2.16. The van der Waals surface area contributed by atoms with Crippen LogP contribution in [-0.2, 0) is 36.1 Å². The fourth-order valence-corrected chi connectivity index (χ4v) is 8.84. The first-order valence-corrected chi connectivity index (χ1v) is 26.6. The third kappa shape index (κ3) is 15.1. The highest BCUT2D eigenvalue weighted by Gasteiger charge is 2.22. The number of carboxylic acids is 1. The number of hydrogen-bond donors (Lipinski definition) is 6. The molecule has 0 unspecified atom stereocenters. The van der Waals surface area contributed by atoms with Gasteiger partial charge in [0.25, 0.3) is 20.0 Å². The molecule has 0 spiro atoms. The molecule has 8 rings (SSSR count). The maximum Gasteiger partial charge on any atom is 0.314 e. The zero-order valence-corrected chi connectivity index (χ0v) is 44.1. The van der Waals surface area contributed by atoms with Crippen molar-refractivity contribution in [2.24, 2.45) is 0 Å². The molecule has 0 radical (unpaired) electrons. The standard InChI is InChI=1S/C25H23BrN4O5S.C22H21N5O4S.C2H3BrO2/c1-34-19-12-17(13-20(14-19)35-2)27-24-25(29-23-9-4-3-8-22(23)28-24)30-36(32,33)21-7-5-6-16(11-21)10-18(31)15-26;1-30-16-11-15(12-17(13-16)31-2)24-21-22(26-20-9-4-3-8-19(20)25-21)27-32(28,29)18-7-5-6-14(23)10-18;3-1-2(4)5/h3-9,11-14H,10,15H2,1-2H3,(H,27,28)(H,29,30);3-13H,23H2,1-2H3,(H,24,25)(H,26,27);1H2,(H,4,5). The quantitative estimate of drug-likeness (QED) is 0.0345. The van der Waals surface area contributed by atoms with Crippen molar-refractivity contribution in [2.45, 2.75) is 16.2 Å². The Hall–Kier alpha value is -7.80. The predicted molar refractivity (Wildman–Crippen MR) is 288 cm³/mol. The second kappa shape index (κ2) is 25.0. The molecular weight excluding hydrogens is 1110 g/mol. The maximum absolute atomic E-state index is 13.3. The molecule has 2 heterocycles. The van der Waals surface area contributed by atoms with Crippen LogP contribution in [0.3, 0.4) is 0 Å². The number of carbonyl (C=O) groups is 2. The fourth-order valence-electron chi connectivity index (χ4n) is 6.50. The summed E-state index contributed by atoms with van der Waals surface area (Å²) in [7, 11) is -1.87. The number of sulfonamides is 2. The molecule has 0 amide bonds. The van der Waals surface area contributed by atoms with Gasteiger partial charge in [0, 0.05) is 59.9 Å². The number of alkyl halides is 2. The molecule has 8 aromatic rings. The average Bonchev–Trinajstić information content (AvgIpc) is 3.38. The maximum atomic E-state index is 13.3. The molecule has 6 aromatic carbocycles. The van der Waals surface area contributed by atoms with E-state index in [1.165, 1.54) is 38.5 Å². The van der Waals surface area contributed by atoms with Gasteiger partial charge in [0.05, 0.1) is 65.6 Å². The molecule has 20 nitrogen and oxygen atoms in total. The lowest BCUT2D eigenvalue weighted by atomic mass is 10.1. The summed E-state index contributed by atoms with van der Waals surface area (Å²) in [4.78, 5) is 39.3. The molecule has 0 bridgehead atoms. The first-order valence-electron chi connectivity index (χ1n) is 21.4. The zero-order chi connectivity index (χ0) is 52.7. The van der Waals surface area contributed by atoms with Crippen molar-refractivity contribution >= 4 is 126 Å². The minimum atomic E-state index is -4.05. The van der Waals surface area contributed by atoms with E-state index in [2.05, 4.69) is 71.9 Å². The molecular formula is C49H47Br2N9O11S2. The molecule has 0 atom stereocenters. The van der Waals surface area contributed by atoms with Gasteiger partial charge >= 0.3 is 5.97 Å². The van der Waals surface area contributed by atoms with Crippen molar-refractivity contribution in [3.8, 4) is 23.0 Å². The SMILES string of the molecule is COc1cc(Nc2nc3ccccc3nc2NS(=O)(=O)c2cccc(CC(=O)CBr)c2)cc(OC)c1.COc1cc(Nc2nc3ccccc3nc2NS(=O)(=O)c2cccc(N)c2)cc(OC)c1.O=C(O)CBr. The van der Waals surface area contributed by atoms with E-state index in [9.17, 15) is 26.4 Å². The normalized spacial score (nSPS) is 10.9. The molecule has 0 aliphatic rings. The fraction of sp³-hybridized carbons (Fsp3) is 0.143. The summed E-state index contributed by atoms with van der Waals surface area (Å²) in [6.07, 6.45) is 0.120. The van der Waals surface area contributed by atoms with Crippen molar-refractivity contribution in [3.05, 3.63) is 139 Å². The zero-order valence-electron chi connectivity index (χ0n) is 39.3. The number of carbonyl (C=O) groups excluding carboxylic acids is 1. The molecule has 7 N–H and O–H groups in total. The number of ether oxygens (including phenoxy) is 4. The van der Waals surface area contributed by atoms with Gasteiger partial charge in [-0.25, -0.2) is 36.8 Å². The number of rotatable bonds is 18. The Bertz CT molecular complexity index is 3460. The number of aromatic nitrogens is 4. The molecule has 24 heteroatoms. The summed E-state index contributed by atoms with van der Waals surface area (Å²) < 4.78 is 78.9. The Balaban J connectivity index is 0.000000219. The summed E-state index contributed by atoms with van der Waals surface area (Å²) in [5.41, 5.74) is 10.0. The Morgan fingerprint density at radius 2 is 0.890 bits per heavy atom. The molecule has 0 saturated heterocycles. The molecule has 73 heavy (non-hydrogen) atoms. The van der Waals surface area contributed by atoms with Crippen LogP contribution in [0.4, 0.5) is 40.3 Å². The van der Waals surface area contributed by atoms with E-state index in [1.54, 1.807) is 111 Å². The minimum absolute atomic E-state index is 0.00586. The van der Waals surface area contributed by atoms with Crippen molar-refractivity contribution < 1.29 is 50.5 Å². The van der Waals surface area contributed by atoms with Crippen LogP contribution < -0.4 is 44.8 Å². The van der Waals surface area contributed by atoms with Crippen molar-refractivity contribution in [3.63, 3.8) is 0 Å². The van der Waals surface area contributed by atoms with Crippen LogP contribution in [0, 0.1) is 0 Å². The third-order valence-corrected chi connectivity index (χ3v) is 13.7. The highest BCUT2D eigenvalue weighted by molar-refractivity contribution is 9.09. The summed E-state index contributed by atoms with van der Waals surface area (Å²) in [6.45, 7) is 0. The van der Waals surface area contributed by atoms with Gasteiger partial charge in [0.15, 0.2) is 23.3 Å². The number of anilines is 7. The van der Waals surface area contributed by atoms with Gasteiger partial charge in [-0.1, -0.05) is 74.3 Å². The number of nitrogens with two attached hydrogens (primary N) is 1. The number of nitrogen functional groups attached to an aromatic ring is 1. The van der Waals surface area contributed by atoms with E-state index in [0.717, 1.165) is 0 Å². The lowest BCUT2D eigenvalue weighted by Gasteiger charge is -2.15. The van der Waals surface area contributed by atoms with Crippen molar-refractivity contribution in [1.29, 1.82) is 0 Å². The lowest BCUT2D eigenvalue weighted by molar-refractivity contribution is -0.133. The van der Waals surface area contributed by atoms with Crippen LogP contribution in [0.5, 0.6) is 23.0 Å². The van der Waals surface area contributed by atoms with Crippen molar-refractivity contribution in [1.82, 2.24) is 19.9 Å². The Labute approximate surface area is 437 Å². The second-order valence-electron chi connectivity index (χ2n) is 15.1. The van der Waals surface area contributed by atoms with Crippen LogP contribution >= 0.6 is 31.9 Å². The Morgan fingerprint density at radius 1 is 0.521 bits per heavy atom. The first-order chi connectivity index (χ1) is 34.9. The number of benzene rings is 6. The van der Waals surface area contributed by atoms with Gasteiger partial charge in [0.2, 0.25) is 0 Å². The number of nitrogens with zero attached hydrogens (tertiary/aromatic N) is 4. The Morgan fingerprint density at radius 3 is 1.25 bits per heavy atom. The number of aliphatic carboxylic acids is 1. The monoisotopic (exact) mass is 1160 g/mol. The highest BCUT2D eigenvalue weighted by atomic mass is 79.9. The number of Topliss-reactive ketones (excluding diaryl/α,β-unsaturated/α-hetero) is 1. The first kappa shape index (κ1) is 54.5. The van der Waals surface area contributed by atoms with E-state index < -0.39 is 26.0 Å². The number of methoxy groups -OCH3 is 4. The third-order valence-electron chi connectivity index (χ3n) is 9.87. The predicted octanol–water partition coefficient (Wildman–Crippen LogP) is 8.94. The van der Waals surface area contributed by atoms with Gasteiger partial charge in [-0.2, -0.15) is 0 Å². The van der Waals surface area contributed by atoms with Gasteiger partial charge in [-0.05, 0) is 60.2 Å². The average molecular weight is 1160 g/mol. The number of hydrogen-bond acceptors (Lipinski definition) is 17. The van der Waals surface area contributed by atoms with E-state index in [-0.39, 0.29) is 55.9 Å². The van der Waals surface area contributed by atoms with Gasteiger partial charge in [-0.3, -0.25) is 19.0 Å². The van der Waals surface area contributed by atoms with E-state index >= 15 is 0 Å². The highest BCUT2D eigenvalue weighted by Crippen LogP contribution is 2.34. The largest absolute Gasteiger partial charge is 0.497 e. The number of nitrogens with one attached hydrogen (secondary N) is 4.